The first-order chi connectivity index (χ1) is 6.68. The van der Waals surface area contributed by atoms with Crippen LogP contribution in [0.2, 0.25) is 0 Å². The Morgan fingerprint density at radius 3 is 3.07 bits per heavy atom. The molecule has 2 nitrogen and oxygen atoms in total. The maximum absolute atomic E-state index is 12.1. The topological polar surface area (TPSA) is 26.3 Å². The number of fused-ring (bicyclic) bond motifs is 2. The van der Waals surface area contributed by atoms with E-state index in [9.17, 15) is 4.79 Å². The van der Waals surface area contributed by atoms with Gasteiger partial charge in [-0.25, -0.2) is 0 Å². The highest BCUT2D eigenvalue weighted by molar-refractivity contribution is 5.83. The fraction of sp³-hybridized carbons (Fsp3) is 0.917. The maximum atomic E-state index is 12.1. The summed E-state index contributed by atoms with van der Waals surface area (Å²) in [5, 5.41) is 0. The van der Waals surface area contributed by atoms with E-state index in [2.05, 4.69) is 6.92 Å². The van der Waals surface area contributed by atoms with Crippen LogP contribution < -0.4 is 0 Å². The molecule has 3 aliphatic carbocycles. The Kier molecular flexibility index (Phi) is 1.04. The van der Waals surface area contributed by atoms with E-state index in [-0.39, 0.29) is 11.4 Å². The Morgan fingerprint density at radius 2 is 2.21 bits per heavy atom. The monoisotopic (exact) mass is 192 g/mol. The zero-order valence-electron chi connectivity index (χ0n) is 8.58. The molecule has 0 unspecified atom stereocenters. The molecule has 0 radical (unpaired) electrons. The van der Waals surface area contributed by atoms with Crippen molar-refractivity contribution in [2.24, 2.45) is 22.7 Å². The summed E-state index contributed by atoms with van der Waals surface area (Å²) in [7, 11) is 0. The molecule has 4 fully saturated rings. The summed E-state index contributed by atoms with van der Waals surface area (Å²) in [6.45, 7) is 2.35. The van der Waals surface area contributed by atoms with Crippen LogP contribution >= 0.6 is 0 Å². The number of esters is 1. The lowest BCUT2D eigenvalue weighted by Crippen LogP contribution is -2.43. The lowest BCUT2D eigenvalue weighted by atomic mass is 9.59. The third-order valence-corrected chi connectivity index (χ3v) is 5.95. The van der Waals surface area contributed by atoms with Crippen LogP contribution in [0.25, 0.3) is 0 Å². The van der Waals surface area contributed by atoms with Gasteiger partial charge in [0.15, 0.2) is 0 Å². The number of ether oxygens (including phenoxy) is 1. The molecule has 14 heavy (non-hydrogen) atoms. The van der Waals surface area contributed by atoms with Gasteiger partial charge in [-0.2, -0.15) is 0 Å². The number of carbonyl (C=O) groups is 1. The Morgan fingerprint density at radius 1 is 1.36 bits per heavy atom. The van der Waals surface area contributed by atoms with E-state index >= 15 is 0 Å². The van der Waals surface area contributed by atoms with E-state index < -0.39 is 0 Å². The van der Waals surface area contributed by atoms with Gasteiger partial charge in [-0.3, -0.25) is 4.79 Å². The molecule has 1 aliphatic heterocycles. The van der Waals surface area contributed by atoms with Crippen LogP contribution in [0.3, 0.4) is 0 Å². The Hall–Kier alpha value is -0.530. The van der Waals surface area contributed by atoms with Crippen molar-refractivity contribution in [1.82, 2.24) is 0 Å². The van der Waals surface area contributed by atoms with Crippen molar-refractivity contribution in [2.45, 2.75) is 45.1 Å². The van der Waals surface area contributed by atoms with Crippen LogP contribution in [0.5, 0.6) is 0 Å². The van der Waals surface area contributed by atoms with Gasteiger partial charge in [-0.05, 0) is 37.0 Å². The molecule has 2 heteroatoms. The third kappa shape index (κ3) is 0.494. The molecule has 0 aromatic rings. The Labute approximate surface area is 84.0 Å². The van der Waals surface area contributed by atoms with Crippen LogP contribution in [0.4, 0.5) is 0 Å². The lowest BCUT2D eigenvalue weighted by Gasteiger charge is -2.40. The normalized spacial score (nSPS) is 63.2. The van der Waals surface area contributed by atoms with E-state index in [0.717, 1.165) is 18.8 Å². The van der Waals surface area contributed by atoms with Crippen molar-refractivity contribution in [2.75, 3.05) is 0 Å². The average molecular weight is 192 g/mol. The van der Waals surface area contributed by atoms with Gasteiger partial charge in [-0.15, -0.1) is 0 Å². The number of hydrogen-bond acceptors (Lipinski definition) is 2. The molecule has 2 bridgehead atoms. The smallest absolute Gasteiger partial charge is 0.313 e. The third-order valence-electron chi connectivity index (χ3n) is 5.95. The molecule has 3 saturated carbocycles. The molecule has 1 spiro atoms. The molecule has 4 aliphatic rings. The van der Waals surface area contributed by atoms with Crippen molar-refractivity contribution in [3.8, 4) is 0 Å². The minimum atomic E-state index is -0.0272. The van der Waals surface area contributed by atoms with Crippen LogP contribution in [-0.4, -0.2) is 12.1 Å². The zero-order valence-corrected chi connectivity index (χ0v) is 8.58. The second-order valence-corrected chi connectivity index (χ2v) is 5.96. The number of carbonyl (C=O) groups excluding carboxylic acids is 1. The number of rotatable bonds is 0. The Bertz CT molecular complexity index is 337. The summed E-state index contributed by atoms with van der Waals surface area (Å²) in [6, 6.07) is 0. The Balaban J connectivity index is 1.99. The maximum Gasteiger partial charge on any atom is 0.313 e. The molecule has 76 valence electrons. The molecule has 0 amide bonds. The minimum absolute atomic E-state index is 0.0272. The molecule has 0 aromatic heterocycles. The largest absolute Gasteiger partial charge is 0.462 e. The van der Waals surface area contributed by atoms with Gasteiger partial charge < -0.3 is 4.74 Å². The zero-order chi connectivity index (χ0) is 9.55. The SMILES string of the molecule is C[C@]12CCC[C@]13C(=O)O[C@@H]1C[C@H]2C[C@@H]13. The second kappa shape index (κ2) is 1.89. The first kappa shape index (κ1) is 7.72. The summed E-state index contributed by atoms with van der Waals surface area (Å²) in [5.74, 6) is 1.53. The standard InChI is InChI=1S/C12H16O2/c1-11-3-2-4-12(11)8-5-7(11)6-9(8)14-10(12)13/h7-9H,2-6H2,1H3/t7-,8+,9-,11-,12+/m1/s1. The summed E-state index contributed by atoms with van der Waals surface area (Å²) in [5.41, 5.74) is 0.280. The molecule has 1 heterocycles. The van der Waals surface area contributed by atoms with Crippen LogP contribution in [0.15, 0.2) is 0 Å². The molecule has 0 N–H and O–H groups in total. The van der Waals surface area contributed by atoms with Gasteiger partial charge in [0.25, 0.3) is 0 Å². The predicted octanol–water partition coefficient (Wildman–Crippen LogP) is 2.13. The summed E-state index contributed by atoms with van der Waals surface area (Å²) in [4.78, 5) is 12.1. The highest BCUT2D eigenvalue weighted by atomic mass is 16.6. The van der Waals surface area contributed by atoms with Gasteiger partial charge in [0.2, 0.25) is 0 Å². The summed E-state index contributed by atoms with van der Waals surface area (Å²) >= 11 is 0. The van der Waals surface area contributed by atoms with E-state index in [1.54, 1.807) is 0 Å². The van der Waals surface area contributed by atoms with E-state index in [1.807, 2.05) is 0 Å². The molecule has 0 aromatic carbocycles. The fourth-order valence-electron chi connectivity index (χ4n) is 5.32. The highest BCUT2D eigenvalue weighted by Gasteiger charge is 2.77. The summed E-state index contributed by atoms with van der Waals surface area (Å²) in [6.07, 6.45) is 6.35. The number of hydrogen-bond donors (Lipinski definition) is 0. The van der Waals surface area contributed by atoms with Crippen LogP contribution in [0, 0.1) is 22.7 Å². The molecule has 4 rings (SSSR count). The van der Waals surface area contributed by atoms with Gasteiger partial charge >= 0.3 is 5.97 Å². The molecular weight excluding hydrogens is 176 g/mol. The molecular formula is C12H16O2. The van der Waals surface area contributed by atoms with E-state index in [4.69, 9.17) is 4.74 Å². The fourth-order valence-corrected chi connectivity index (χ4v) is 5.32. The average Bonchev–Trinajstić information content (AvgIpc) is 2.74. The van der Waals surface area contributed by atoms with E-state index in [0.29, 0.717) is 17.4 Å². The summed E-state index contributed by atoms with van der Waals surface area (Å²) < 4.78 is 5.57. The molecule has 1 saturated heterocycles. The van der Waals surface area contributed by atoms with Crippen molar-refractivity contribution < 1.29 is 9.53 Å². The van der Waals surface area contributed by atoms with Crippen molar-refractivity contribution in [3.05, 3.63) is 0 Å². The van der Waals surface area contributed by atoms with Crippen molar-refractivity contribution in [3.63, 3.8) is 0 Å². The van der Waals surface area contributed by atoms with E-state index in [1.165, 1.54) is 19.3 Å². The second-order valence-electron chi connectivity index (χ2n) is 5.96. The molecule has 5 atom stereocenters. The van der Waals surface area contributed by atoms with Gasteiger partial charge in [0.1, 0.15) is 6.10 Å². The van der Waals surface area contributed by atoms with Gasteiger partial charge in [-0.1, -0.05) is 13.3 Å². The van der Waals surface area contributed by atoms with Gasteiger partial charge in [0, 0.05) is 5.92 Å². The highest BCUT2D eigenvalue weighted by Crippen LogP contribution is 2.76. The van der Waals surface area contributed by atoms with Gasteiger partial charge in [0.05, 0.1) is 5.41 Å². The van der Waals surface area contributed by atoms with Crippen LogP contribution in [-0.2, 0) is 9.53 Å². The first-order valence-corrected chi connectivity index (χ1v) is 5.89. The minimum Gasteiger partial charge on any atom is -0.462 e. The first-order valence-electron chi connectivity index (χ1n) is 5.89. The van der Waals surface area contributed by atoms with Crippen LogP contribution in [0.1, 0.15) is 39.0 Å². The quantitative estimate of drug-likeness (QED) is 0.549. The van der Waals surface area contributed by atoms with Crippen molar-refractivity contribution >= 4 is 5.97 Å². The van der Waals surface area contributed by atoms with Crippen molar-refractivity contribution in [1.29, 1.82) is 0 Å². The lowest BCUT2D eigenvalue weighted by molar-refractivity contribution is -0.150. The predicted molar refractivity (Wildman–Crippen MR) is 50.5 cm³/mol.